The molecule has 2 heterocycles. The van der Waals surface area contributed by atoms with E-state index in [0.717, 1.165) is 24.7 Å². The standard InChI is InChI=1S/C11H15N3O/c1-9-13-4-5-14(9)8-10-3-6-15-11(10)7-12-2/h3-6,12H,7-8H2,1-2H3. The zero-order chi connectivity index (χ0) is 10.7. The summed E-state index contributed by atoms with van der Waals surface area (Å²) >= 11 is 0. The van der Waals surface area contributed by atoms with Crippen LogP contribution in [0.5, 0.6) is 0 Å². The van der Waals surface area contributed by atoms with Crippen molar-refractivity contribution in [3.05, 3.63) is 41.9 Å². The minimum Gasteiger partial charge on any atom is -0.468 e. The molecular formula is C11H15N3O. The van der Waals surface area contributed by atoms with E-state index in [4.69, 9.17) is 4.42 Å². The number of hydrogen-bond acceptors (Lipinski definition) is 3. The van der Waals surface area contributed by atoms with E-state index in [1.54, 1.807) is 6.26 Å². The molecule has 0 spiro atoms. The van der Waals surface area contributed by atoms with E-state index in [1.165, 1.54) is 5.56 Å². The smallest absolute Gasteiger partial charge is 0.122 e. The molecule has 2 aromatic heterocycles. The molecule has 4 nitrogen and oxygen atoms in total. The summed E-state index contributed by atoms with van der Waals surface area (Å²) in [6, 6.07) is 2.01. The molecule has 0 saturated heterocycles. The summed E-state index contributed by atoms with van der Waals surface area (Å²) in [4.78, 5) is 4.19. The number of furan rings is 1. The number of hydrogen-bond donors (Lipinski definition) is 1. The van der Waals surface area contributed by atoms with E-state index in [0.29, 0.717) is 0 Å². The van der Waals surface area contributed by atoms with E-state index in [1.807, 2.05) is 32.4 Å². The van der Waals surface area contributed by atoms with Gasteiger partial charge in [-0.2, -0.15) is 0 Å². The molecule has 0 saturated carbocycles. The van der Waals surface area contributed by atoms with Gasteiger partial charge in [-0.3, -0.25) is 0 Å². The zero-order valence-corrected chi connectivity index (χ0v) is 9.03. The lowest BCUT2D eigenvalue weighted by Crippen LogP contribution is -2.08. The molecule has 0 amide bonds. The first-order valence-electron chi connectivity index (χ1n) is 4.99. The van der Waals surface area contributed by atoms with Gasteiger partial charge in [0.05, 0.1) is 19.4 Å². The first-order valence-corrected chi connectivity index (χ1v) is 4.99. The van der Waals surface area contributed by atoms with Crippen molar-refractivity contribution in [3.63, 3.8) is 0 Å². The highest BCUT2D eigenvalue weighted by molar-refractivity contribution is 5.18. The van der Waals surface area contributed by atoms with Crippen molar-refractivity contribution in [2.24, 2.45) is 0 Å². The largest absolute Gasteiger partial charge is 0.468 e. The Labute approximate surface area is 88.9 Å². The van der Waals surface area contributed by atoms with Gasteiger partial charge in [0.2, 0.25) is 0 Å². The van der Waals surface area contributed by atoms with Crippen LogP contribution in [-0.4, -0.2) is 16.6 Å². The van der Waals surface area contributed by atoms with Crippen LogP contribution in [0, 0.1) is 6.92 Å². The maximum absolute atomic E-state index is 5.40. The molecule has 1 N–H and O–H groups in total. The molecule has 2 aromatic rings. The van der Waals surface area contributed by atoms with Crippen LogP contribution in [0.1, 0.15) is 17.1 Å². The number of imidazole rings is 1. The number of nitrogens with one attached hydrogen (secondary N) is 1. The number of rotatable bonds is 4. The van der Waals surface area contributed by atoms with Gasteiger partial charge in [0.1, 0.15) is 11.6 Å². The minimum atomic E-state index is 0.760. The average Bonchev–Trinajstić information content (AvgIpc) is 2.80. The van der Waals surface area contributed by atoms with Gasteiger partial charge in [-0.05, 0) is 20.0 Å². The van der Waals surface area contributed by atoms with Gasteiger partial charge in [0.25, 0.3) is 0 Å². The third-order valence-electron chi connectivity index (χ3n) is 2.44. The molecule has 0 unspecified atom stereocenters. The van der Waals surface area contributed by atoms with E-state index in [9.17, 15) is 0 Å². The summed E-state index contributed by atoms with van der Waals surface area (Å²) in [5, 5.41) is 3.09. The summed E-state index contributed by atoms with van der Waals surface area (Å²) < 4.78 is 7.50. The normalized spacial score (nSPS) is 10.8. The Morgan fingerprint density at radius 1 is 1.53 bits per heavy atom. The van der Waals surface area contributed by atoms with E-state index < -0.39 is 0 Å². The van der Waals surface area contributed by atoms with Crippen LogP contribution in [-0.2, 0) is 13.1 Å². The monoisotopic (exact) mass is 205 g/mol. The van der Waals surface area contributed by atoms with Gasteiger partial charge < -0.3 is 14.3 Å². The molecule has 0 bridgehead atoms. The van der Waals surface area contributed by atoms with E-state index in [2.05, 4.69) is 14.9 Å². The number of aromatic nitrogens is 2. The number of nitrogens with zero attached hydrogens (tertiary/aromatic N) is 2. The van der Waals surface area contributed by atoms with Crippen molar-refractivity contribution in [2.45, 2.75) is 20.0 Å². The Morgan fingerprint density at radius 3 is 3.07 bits per heavy atom. The molecule has 0 atom stereocenters. The van der Waals surface area contributed by atoms with Crippen molar-refractivity contribution in [1.82, 2.24) is 14.9 Å². The molecule has 2 rings (SSSR count). The van der Waals surface area contributed by atoms with Crippen molar-refractivity contribution in [3.8, 4) is 0 Å². The van der Waals surface area contributed by atoms with Crippen molar-refractivity contribution in [1.29, 1.82) is 0 Å². The SMILES string of the molecule is CNCc1occc1Cn1ccnc1C. The highest BCUT2D eigenvalue weighted by Crippen LogP contribution is 2.12. The Morgan fingerprint density at radius 2 is 2.40 bits per heavy atom. The Kier molecular flexibility index (Phi) is 2.87. The van der Waals surface area contributed by atoms with Crippen LogP contribution >= 0.6 is 0 Å². The summed E-state index contributed by atoms with van der Waals surface area (Å²) in [5.74, 6) is 2.01. The lowest BCUT2D eigenvalue weighted by Gasteiger charge is -2.05. The van der Waals surface area contributed by atoms with E-state index in [-0.39, 0.29) is 0 Å². The fraction of sp³-hybridized carbons (Fsp3) is 0.364. The number of aryl methyl sites for hydroxylation is 1. The van der Waals surface area contributed by atoms with Gasteiger partial charge in [0, 0.05) is 18.0 Å². The minimum absolute atomic E-state index is 0.760. The zero-order valence-electron chi connectivity index (χ0n) is 9.03. The van der Waals surface area contributed by atoms with Crippen LogP contribution in [0.15, 0.2) is 29.1 Å². The molecule has 0 fully saturated rings. The molecule has 0 aliphatic rings. The topological polar surface area (TPSA) is 43.0 Å². The molecule has 0 aliphatic carbocycles. The molecule has 80 valence electrons. The predicted molar refractivity (Wildman–Crippen MR) is 57.5 cm³/mol. The molecular weight excluding hydrogens is 190 g/mol. The lowest BCUT2D eigenvalue weighted by atomic mass is 10.2. The quantitative estimate of drug-likeness (QED) is 0.823. The maximum Gasteiger partial charge on any atom is 0.122 e. The van der Waals surface area contributed by atoms with Crippen molar-refractivity contribution in [2.75, 3.05) is 7.05 Å². The molecule has 4 heteroatoms. The summed E-state index contributed by atoms with van der Waals surface area (Å²) in [6.07, 6.45) is 5.52. The third-order valence-corrected chi connectivity index (χ3v) is 2.44. The fourth-order valence-corrected chi connectivity index (χ4v) is 1.58. The maximum atomic E-state index is 5.40. The van der Waals surface area contributed by atoms with Gasteiger partial charge in [-0.15, -0.1) is 0 Å². The van der Waals surface area contributed by atoms with Crippen LogP contribution < -0.4 is 5.32 Å². The van der Waals surface area contributed by atoms with Crippen LogP contribution in [0.25, 0.3) is 0 Å². The fourth-order valence-electron chi connectivity index (χ4n) is 1.58. The van der Waals surface area contributed by atoms with Crippen LogP contribution in [0.3, 0.4) is 0 Å². The first-order chi connectivity index (χ1) is 7.31. The van der Waals surface area contributed by atoms with Gasteiger partial charge >= 0.3 is 0 Å². The Balaban J connectivity index is 2.17. The highest BCUT2D eigenvalue weighted by Gasteiger charge is 2.06. The Hall–Kier alpha value is -1.55. The first kappa shape index (κ1) is 9.98. The second-order valence-electron chi connectivity index (χ2n) is 3.50. The highest BCUT2D eigenvalue weighted by atomic mass is 16.3. The van der Waals surface area contributed by atoms with Crippen LogP contribution in [0.2, 0.25) is 0 Å². The van der Waals surface area contributed by atoms with Gasteiger partial charge in [-0.1, -0.05) is 0 Å². The average molecular weight is 205 g/mol. The molecule has 15 heavy (non-hydrogen) atoms. The molecule has 0 radical (unpaired) electrons. The molecule has 0 aromatic carbocycles. The van der Waals surface area contributed by atoms with Gasteiger partial charge in [0.15, 0.2) is 0 Å². The molecule has 0 aliphatic heterocycles. The summed E-state index contributed by atoms with van der Waals surface area (Å²) in [6.45, 7) is 3.58. The second-order valence-corrected chi connectivity index (χ2v) is 3.50. The summed E-state index contributed by atoms with van der Waals surface area (Å²) in [5.41, 5.74) is 1.20. The van der Waals surface area contributed by atoms with Crippen molar-refractivity contribution < 1.29 is 4.42 Å². The van der Waals surface area contributed by atoms with Crippen molar-refractivity contribution >= 4 is 0 Å². The lowest BCUT2D eigenvalue weighted by molar-refractivity contribution is 0.488. The van der Waals surface area contributed by atoms with Gasteiger partial charge in [-0.25, -0.2) is 4.98 Å². The summed E-state index contributed by atoms with van der Waals surface area (Å²) in [7, 11) is 1.91. The van der Waals surface area contributed by atoms with Crippen LogP contribution in [0.4, 0.5) is 0 Å². The van der Waals surface area contributed by atoms with E-state index >= 15 is 0 Å². The third kappa shape index (κ3) is 2.10. The Bertz CT molecular complexity index is 430. The predicted octanol–water partition coefficient (Wildman–Crippen LogP) is 1.55. The second kappa shape index (κ2) is 4.31.